The molecule has 1 heterocycles. The Balaban J connectivity index is 2.64. The van der Waals surface area contributed by atoms with Gasteiger partial charge in [0.05, 0.1) is 10.8 Å². The molecule has 0 N–H and O–H groups in total. The summed E-state index contributed by atoms with van der Waals surface area (Å²) in [7, 11) is 0. The summed E-state index contributed by atoms with van der Waals surface area (Å²) in [6.45, 7) is 0. The number of aromatic nitrogens is 3. The van der Waals surface area contributed by atoms with Crippen LogP contribution in [0.25, 0.3) is 11.0 Å². The first kappa shape index (κ1) is 8.37. The summed E-state index contributed by atoms with van der Waals surface area (Å²) in [5.74, 6) is -0.117. The van der Waals surface area contributed by atoms with E-state index < -0.39 is 0 Å². The normalized spacial score (nSPS) is 10.5. The second kappa shape index (κ2) is 3.26. The fourth-order valence-electron chi connectivity index (χ4n) is 1.11. The number of rotatable bonds is 1. The van der Waals surface area contributed by atoms with E-state index in [2.05, 4.69) is 26.2 Å². The lowest BCUT2D eigenvalue weighted by Gasteiger charge is -1.94. The average Bonchev–Trinajstić information content (AvgIpc) is 2.60. The molecule has 0 aliphatic carbocycles. The van der Waals surface area contributed by atoms with Crippen LogP contribution >= 0.6 is 15.9 Å². The highest BCUT2D eigenvalue weighted by Crippen LogP contribution is 2.09. The summed E-state index contributed by atoms with van der Waals surface area (Å²) >= 11 is 3.08. The van der Waals surface area contributed by atoms with E-state index in [1.807, 2.05) is 24.3 Å². The van der Waals surface area contributed by atoms with Crippen molar-refractivity contribution in [1.29, 1.82) is 0 Å². The SMILES string of the molecule is O=C(CBr)n1nnc2ccccc21. The number of carbonyl (C=O) groups excluding carboxylic acids is 1. The van der Waals surface area contributed by atoms with Crippen LogP contribution in [0.2, 0.25) is 0 Å². The molecule has 0 fully saturated rings. The van der Waals surface area contributed by atoms with E-state index in [4.69, 9.17) is 0 Å². The average molecular weight is 240 g/mol. The van der Waals surface area contributed by atoms with Gasteiger partial charge in [-0.05, 0) is 12.1 Å². The molecule has 0 atom stereocenters. The first-order valence-electron chi connectivity index (χ1n) is 3.72. The van der Waals surface area contributed by atoms with Crippen molar-refractivity contribution in [3.63, 3.8) is 0 Å². The second-order valence-electron chi connectivity index (χ2n) is 2.52. The first-order valence-corrected chi connectivity index (χ1v) is 4.84. The van der Waals surface area contributed by atoms with Crippen molar-refractivity contribution in [3.8, 4) is 0 Å². The van der Waals surface area contributed by atoms with Crippen LogP contribution in [0.3, 0.4) is 0 Å². The highest BCUT2D eigenvalue weighted by Gasteiger charge is 2.08. The minimum absolute atomic E-state index is 0.117. The third-order valence-corrected chi connectivity index (χ3v) is 2.18. The number of halogens is 1. The molecule has 0 radical (unpaired) electrons. The summed E-state index contributed by atoms with van der Waals surface area (Å²) in [5.41, 5.74) is 1.48. The molecule has 2 rings (SSSR count). The van der Waals surface area contributed by atoms with Gasteiger partial charge in [-0.15, -0.1) is 5.10 Å². The molecule has 1 aromatic carbocycles. The quantitative estimate of drug-likeness (QED) is 0.709. The van der Waals surface area contributed by atoms with Crippen LogP contribution in [-0.2, 0) is 0 Å². The number of carbonyl (C=O) groups is 1. The zero-order chi connectivity index (χ0) is 9.26. The Hall–Kier alpha value is -1.23. The highest BCUT2D eigenvalue weighted by atomic mass is 79.9. The van der Waals surface area contributed by atoms with Crippen LogP contribution in [0, 0.1) is 0 Å². The zero-order valence-electron chi connectivity index (χ0n) is 6.64. The standard InChI is InChI=1S/C8H6BrN3O/c9-5-8(13)12-7-4-2-1-3-6(7)10-11-12/h1-4H,5H2. The predicted molar refractivity (Wildman–Crippen MR) is 51.9 cm³/mol. The first-order chi connectivity index (χ1) is 6.33. The molecular formula is C8H6BrN3O. The largest absolute Gasteiger partial charge is 0.272 e. The number of fused-ring (bicyclic) bond motifs is 1. The Kier molecular flexibility index (Phi) is 2.10. The van der Waals surface area contributed by atoms with E-state index in [-0.39, 0.29) is 11.2 Å². The van der Waals surface area contributed by atoms with Gasteiger partial charge in [0.2, 0.25) is 0 Å². The highest BCUT2D eigenvalue weighted by molar-refractivity contribution is 9.09. The van der Waals surface area contributed by atoms with Gasteiger partial charge in [0.1, 0.15) is 5.52 Å². The maximum atomic E-state index is 11.3. The molecule has 0 bridgehead atoms. The number of para-hydroxylation sites is 1. The molecule has 4 nitrogen and oxygen atoms in total. The minimum atomic E-state index is -0.117. The second-order valence-corrected chi connectivity index (χ2v) is 3.08. The van der Waals surface area contributed by atoms with Crippen molar-refractivity contribution in [1.82, 2.24) is 15.0 Å². The smallest absolute Gasteiger partial charge is 0.259 e. The van der Waals surface area contributed by atoms with Gasteiger partial charge in [-0.1, -0.05) is 33.3 Å². The monoisotopic (exact) mass is 239 g/mol. The number of hydrogen-bond donors (Lipinski definition) is 0. The number of benzene rings is 1. The Labute approximate surface area is 82.7 Å². The van der Waals surface area contributed by atoms with Crippen LogP contribution < -0.4 is 0 Å². The van der Waals surface area contributed by atoms with Crippen molar-refractivity contribution in [2.24, 2.45) is 0 Å². The van der Waals surface area contributed by atoms with Crippen molar-refractivity contribution < 1.29 is 4.79 Å². The zero-order valence-corrected chi connectivity index (χ0v) is 8.23. The third-order valence-electron chi connectivity index (χ3n) is 1.70. The lowest BCUT2D eigenvalue weighted by molar-refractivity contribution is 0.0931. The molecule has 1 aromatic heterocycles. The van der Waals surface area contributed by atoms with Gasteiger partial charge in [0.25, 0.3) is 5.91 Å². The Morgan fingerprint density at radius 1 is 1.46 bits per heavy atom. The van der Waals surface area contributed by atoms with Gasteiger partial charge in [0, 0.05) is 0 Å². The van der Waals surface area contributed by atoms with Gasteiger partial charge in [0.15, 0.2) is 0 Å². The van der Waals surface area contributed by atoms with Crippen molar-refractivity contribution in [2.45, 2.75) is 0 Å². The lowest BCUT2D eigenvalue weighted by Crippen LogP contribution is -2.13. The van der Waals surface area contributed by atoms with Gasteiger partial charge in [-0.2, -0.15) is 4.68 Å². The van der Waals surface area contributed by atoms with E-state index in [0.29, 0.717) is 0 Å². The topological polar surface area (TPSA) is 47.8 Å². The van der Waals surface area contributed by atoms with Crippen LogP contribution in [-0.4, -0.2) is 26.2 Å². The van der Waals surface area contributed by atoms with Crippen LogP contribution in [0.4, 0.5) is 0 Å². The summed E-state index contributed by atoms with van der Waals surface area (Å²) in [5, 5.41) is 7.86. The number of nitrogens with zero attached hydrogens (tertiary/aromatic N) is 3. The van der Waals surface area contributed by atoms with Gasteiger partial charge in [-0.25, -0.2) is 0 Å². The molecule has 0 aliphatic heterocycles. The van der Waals surface area contributed by atoms with Crippen LogP contribution in [0.5, 0.6) is 0 Å². The van der Waals surface area contributed by atoms with E-state index >= 15 is 0 Å². The minimum Gasteiger partial charge on any atom is -0.272 e. The maximum absolute atomic E-state index is 11.3. The molecule has 66 valence electrons. The lowest BCUT2D eigenvalue weighted by atomic mass is 10.3. The number of alkyl halides is 1. The molecular weight excluding hydrogens is 234 g/mol. The molecule has 0 aliphatic rings. The third kappa shape index (κ3) is 1.35. The van der Waals surface area contributed by atoms with E-state index in [1.165, 1.54) is 4.68 Å². The van der Waals surface area contributed by atoms with Crippen molar-refractivity contribution in [2.75, 3.05) is 5.33 Å². The molecule has 0 amide bonds. The van der Waals surface area contributed by atoms with E-state index in [9.17, 15) is 4.79 Å². The molecule has 2 aromatic rings. The van der Waals surface area contributed by atoms with Crippen LogP contribution in [0.1, 0.15) is 4.79 Å². The Morgan fingerprint density at radius 2 is 2.23 bits per heavy atom. The molecule has 0 unspecified atom stereocenters. The van der Waals surface area contributed by atoms with Gasteiger partial charge >= 0.3 is 0 Å². The van der Waals surface area contributed by atoms with Crippen molar-refractivity contribution >= 4 is 32.9 Å². The van der Waals surface area contributed by atoms with Crippen LogP contribution in [0.15, 0.2) is 24.3 Å². The molecule has 13 heavy (non-hydrogen) atoms. The summed E-state index contributed by atoms with van der Waals surface area (Å²) in [4.78, 5) is 11.3. The fraction of sp³-hybridized carbons (Fsp3) is 0.125. The maximum Gasteiger partial charge on any atom is 0.259 e. The Bertz CT molecular complexity index is 451. The molecule has 5 heteroatoms. The molecule has 0 spiro atoms. The van der Waals surface area contributed by atoms with Gasteiger partial charge < -0.3 is 0 Å². The number of hydrogen-bond acceptors (Lipinski definition) is 3. The predicted octanol–water partition coefficient (Wildman–Crippen LogP) is 1.47. The fourth-order valence-corrected chi connectivity index (χ4v) is 1.35. The summed E-state index contributed by atoms with van der Waals surface area (Å²) in [6.07, 6.45) is 0. The van der Waals surface area contributed by atoms with Crippen molar-refractivity contribution in [3.05, 3.63) is 24.3 Å². The summed E-state index contributed by atoms with van der Waals surface area (Å²) in [6, 6.07) is 7.35. The summed E-state index contributed by atoms with van der Waals surface area (Å²) < 4.78 is 1.30. The molecule has 0 saturated heterocycles. The van der Waals surface area contributed by atoms with Gasteiger partial charge in [-0.3, -0.25) is 4.79 Å². The Morgan fingerprint density at radius 3 is 3.00 bits per heavy atom. The van der Waals surface area contributed by atoms with E-state index in [1.54, 1.807) is 0 Å². The molecule has 0 saturated carbocycles. The van der Waals surface area contributed by atoms with E-state index in [0.717, 1.165) is 11.0 Å².